The van der Waals surface area contributed by atoms with Crippen LogP contribution in [0.15, 0.2) is 17.4 Å². The third kappa shape index (κ3) is 5.39. The lowest BCUT2D eigenvalue weighted by molar-refractivity contribution is -0.0664. The summed E-state index contributed by atoms with van der Waals surface area (Å²) in [7, 11) is -10.1. The molecule has 0 amide bonds. The van der Waals surface area contributed by atoms with Gasteiger partial charge in [0.2, 0.25) is 11.9 Å². The number of H-pyrrole nitrogens is 1. The third-order valence-corrected chi connectivity index (χ3v) is 9.51. The fraction of sp³-hybridized carbons (Fsp3) is 0.524. The second kappa shape index (κ2) is 11.1. The van der Waals surface area contributed by atoms with Gasteiger partial charge in [-0.1, -0.05) is 0 Å². The van der Waals surface area contributed by atoms with Gasteiger partial charge in [0.15, 0.2) is 29.3 Å². The van der Waals surface area contributed by atoms with Crippen molar-refractivity contribution in [2.75, 3.05) is 24.7 Å². The summed E-state index contributed by atoms with van der Waals surface area (Å²) in [5.41, 5.74) is 11.4. The number of nitrogens with one attached hydrogen (secondary N) is 1. The Bertz CT molecular complexity index is 1990. The first-order valence-corrected chi connectivity index (χ1v) is 16.4. The molecule has 46 heavy (non-hydrogen) atoms. The Labute approximate surface area is 255 Å². The van der Waals surface area contributed by atoms with Crippen LogP contribution in [-0.4, -0.2) is 109 Å². The summed E-state index contributed by atoms with van der Waals surface area (Å²) in [6.07, 6.45) is -10.2. The highest BCUT2D eigenvalue weighted by molar-refractivity contribution is 7.47. The number of nitrogens with two attached hydrogens (primary N) is 2. The van der Waals surface area contributed by atoms with Crippen LogP contribution in [0.3, 0.4) is 0 Å². The van der Waals surface area contributed by atoms with E-state index in [4.69, 9.17) is 39.0 Å². The smallest absolute Gasteiger partial charge is 0.386 e. The predicted molar refractivity (Wildman–Crippen MR) is 148 cm³/mol. The second-order valence-electron chi connectivity index (χ2n) is 10.5. The number of aliphatic hydroxyl groups excluding tert-OH is 2. The number of aliphatic hydroxyl groups is 2. The monoisotopic (exact) mass is 688 g/mol. The van der Waals surface area contributed by atoms with Crippen molar-refractivity contribution >= 4 is 49.9 Å². The number of aryl methyl sites for hydroxylation is 1. The highest BCUT2D eigenvalue weighted by atomic mass is 31.2. The van der Waals surface area contributed by atoms with Gasteiger partial charge in [-0.3, -0.25) is 37.0 Å². The number of nitrogen functional groups attached to an aromatic ring is 2. The molecule has 23 nitrogen and oxygen atoms in total. The molecule has 4 aromatic heterocycles. The lowest BCUT2D eigenvalue weighted by Gasteiger charge is -2.27. The summed E-state index contributed by atoms with van der Waals surface area (Å²) in [6.45, 7) is -0.0195. The number of anilines is 2. The van der Waals surface area contributed by atoms with Crippen LogP contribution in [0.25, 0.3) is 22.3 Å². The van der Waals surface area contributed by atoms with Gasteiger partial charge in [0.05, 0.1) is 31.6 Å². The van der Waals surface area contributed by atoms with Gasteiger partial charge < -0.3 is 40.9 Å². The topological polar surface area (TPSA) is 330 Å². The quantitative estimate of drug-likeness (QED) is 0.112. The molecule has 4 unspecified atom stereocenters. The van der Waals surface area contributed by atoms with Crippen LogP contribution in [0.4, 0.5) is 11.9 Å². The van der Waals surface area contributed by atoms with Crippen molar-refractivity contribution in [2.24, 2.45) is 0 Å². The van der Waals surface area contributed by atoms with Crippen molar-refractivity contribution in [3.05, 3.63) is 28.7 Å². The summed E-state index contributed by atoms with van der Waals surface area (Å²) < 4.78 is 61.1. The molecule has 25 heteroatoms. The van der Waals surface area contributed by atoms with E-state index in [1.165, 1.54) is 10.9 Å². The summed E-state index contributed by atoms with van der Waals surface area (Å²) >= 11 is 0. The molecule has 248 valence electrons. The molecule has 0 saturated carbocycles. The Balaban J connectivity index is 1.17. The zero-order valence-corrected chi connectivity index (χ0v) is 25.1. The minimum atomic E-state index is -5.06. The number of hydrogen-bond acceptors (Lipinski definition) is 18. The number of imidazole rings is 2. The number of ether oxygens (including phenoxy) is 2. The first-order chi connectivity index (χ1) is 21.7. The van der Waals surface area contributed by atoms with Gasteiger partial charge in [-0.05, 0) is 6.92 Å². The molecule has 7 heterocycles. The highest BCUT2D eigenvalue weighted by Crippen LogP contribution is 2.53. The van der Waals surface area contributed by atoms with E-state index in [9.17, 15) is 33.9 Å². The van der Waals surface area contributed by atoms with Crippen molar-refractivity contribution in [1.29, 1.82) is 0 Å². The molecule has 0 aromatic carbocycles. The van der Waals surface area contributed by atoms with Gasteiger partial charge in [-0.25, -0.2) is 24.1 Å². The van der Waals surface area contributed by atoms with Crippen molar-refractivity contribution < 1.29 is 56.7 Å². The third-order valence-electron chi connectivity index (χ3n) is 7.54. The fourth-order valence-electron chi connectivity index (χ4n) is 5.53. The Morgan fingerprint density at radius 2 is 1.35 bits per heavy atom. The zero-order valence-electron chi connectivity index (χ0n) is 23.3. The van der Waals surface area contributed by atoms with Crippen molar-refractivity contribution in [3.8, 4) is 0 Å². The largest absolute Gasteiger partial charge is 0.472 e. The van der Waals surface area contributed by atoms with Crippen LogP contribution in [0, 0.1) is 6.92 Å². The number of aromatic amines is 1. The molecule has 7 rings (SSSR count). The predicted octanol–water partition coefficient (Wildman–Crippen LogP) is -2.03. The van der Waals surface area contributed by atoms with Gasteiger partial charge in [-0.15, -0.1) is 0 Å². The Morgan fingerprint density at radius 3 is 1.89 bits per heavy atom. The number of phosphoric ester groups is 2. The summed E-state index contributed by atoms with van der Waals surface area (Å²) in [5.74, 6) is -0.361. The Hall–Kier alpha value is -3.44. The normalized spacial score (nSPS) is 37.2. The average Bonchev–Trinajstić information content (AvgIpc) is 3.72. The molecule has 10 atom stereocenters. The molecular formula is C21H26N10O13P2. The molecule has 0 bridgehead atoms. The average molecular weight is 688 g/mol. The van der Waals surface area contributed by atoms with Crippen molar-refractivity contribution in [3.63, 3.8) is 0 Å². The zero-order chi connectivity index (χ0) is 32.7. The molecule has 0 radical (unpaired) electrons. The van der Waals surface area contributed by atoms with E-state index in [2.05, 4.69) is 29.9 Å². The maximum absolute atomic E-state index is 13.1. The van der Waals surface area contributed by atoms with E-state index in [-0.39, 0.29) is 28.7 Å². The first kappa shape index (κ1) is 31.2. The van der Waals surface area contributed by atoms with Crippen molar-refractivity contribution in [1.82, 2.24) is 39.0 Å². The lowest BCUT2D eigenvalue weighted by Crippen LogP contribution is -2.39. The lowest BCUT2D eigenvalue weighted by atomic mass is 10.1. The summed E-state index contributed by atoms with van der Waals surface area (Å²) in [6, 6.07) is 0. The maximum Gasteiger partial charge on any atom is 0.472 e. The Morgan fingerprint density at radius 1 is 0.848 bits per heavy atom. The van der Waals surface area contributed by atoms with Crippen molar-refractivity contribution in [2.45, 2.75) is 56.0 Å². The molecule has 9 N–H and O–H groups in total. The van der Waals surface area contributed by atoms with E-state index >= 15 is 0 Å². The summed E-state index contributed by atoms with van der Waals surface area (Å²) in [5, 5.41) is 22.3. The molecule has 3 fully saturated rings. The molecule has 3 saturated heterocycles. The van der Waals surface area contributed by atoms with Gasteiger partial charge in [0.1, 0.15) is 42.1 Å². The van der Waals surface area contributed by atoms with Crippen LogP contribution in [0.2, 0.25) is 0 Å². The molecule has 3 aliphatic rings. The number of hydrogen-bond donors (Lipinski definition) is 7. The fourth-order valence-corrected chi connectivity index (χ4v) is 7.45. The molecule has 3 aliphatic heterocycles. The van der Waals surface area contributed by atoms with Gasteiger partial charge in [0.25, 0.3) is 5.56 Å². The minimum Gasteiger partial charge on any atom is -0.386 e. The molecule has 0 spiro atoms. The molecule has 4 aromatic rings. The van der Waals surface area contributed by atoms with E-state index in [1.807, 2.05) is 0 Å². The number of aromatic nitrogens is 8. The second-order valence-corrected chi connectivity index (χ2v) is 13.4. The number of fused-ring (bicyclic) bond motifs is 4. The van der Waals surface area contributed by atoms with Crippen LogP contribution in [-0.2, 0) is 36.7 Å². The SMILES string of the molecule is Cc1nc(N)nc2c1ncn2[C@@H]1O[C@H]2COP(=O)(O)OC3[C@H](COP(=O)(O)OC2[C@@H]1O)O[C@@H](n1cnc2c(=O)[nH]c(N)nc21)[C@H]3O. The number of phosphoric acid groups is 2. The Kier molecular flexibility index (Phi) is 7.51. The molecule has 0 aliphatic carbocycles. The standard InChI is InChI=1S/C21H26N10O13P2/c1-6-9-15(27-20(22)26-6)30(4-24-9)18-11(32)13-7(41-18)2-39-46(37,38)44-14-8(3-40-45(35,36)43-13)42-19(12(14)33)31-5-25-10-16(31)28-21(23)29-17(10)34/h4-5,7-8,11-14,18-19,32-33H,2-3H2,1H3,(H,35,36)(H,37,38)(H2,22,26,27)(H3,23,28,29,34)/t7-,8-,11-,12-,13?,14?,18+,19+/m0/s1. The van der Waals surface area contributed by atoms with Gasteiger partial charge in [-0.2, -0.15) is 9.97 Å². The van der Waals surface area contributed by atoms with Crippen LogP contribution < -0.4 is 17.0 Å². The maximum atomic E-state index is 13.1. The molecular weight excluding hydrogens is 662 g/mol. The van der Waals surface area contributed by atoms with E-state index < -0.39 is 83.5 Å². The van der Waals surface area contributed by atoms with Gasteiger partial charge in [0, 0.05) is 0 Å². The van der Waals surface area contributed by atoms with E-state index in [0.29, 0.717) is 11.2 Å². The highest BCUT2D eigenvalue weighted by Gasteiger charge is 2.54. The number of rotatable bonds is 2. The first-order valence-electron chi connectivity index (χ1n) is 13.4. The summed E-state index contributed by atoms with van der Waals surface area (Å²) in [4.78, 5) is 56.0. The van der Waals surface area contributed by atoms with E-state index in [0.717, 1.165) is 10.9 Å². The van der Waals surface area contributed by atoms with Gasteiger partial charge >= 0.3 is 15.6 Å². The van der Waals surface area contributed by atoms with Crippen LogP contribution in [0.1, 0.15) is 18.1 Å². The minimum absolute atomic E-state index is 0.0931. The van der Waals surface area contributed by atoms with Crippen LogP contribution >= 0.6 is 15.6 Å². The van der Waals surface area contributed by atoms with E-state index in [1.54, 1.807) is 6.92 Å². The van der Waals surface area contributed by atoms with Crippen LogP contribution in [0.5, 0.6) is 0 Å². The number of nitrogens with zero attached hydrogens (tertiary/aromatic N) is 7.